The Bertz CT molecular complexity index is 572. The number of fused-ring (bicyclic) bond motifs is 1. The lowest BCUT2D eigenvalue weighted by molar-refractivity contribution is 0.0938. The molecule has 100 valence electrons. The van der Waals surface area contributed by atoms with Gasteiger partial charge in [0.05, 0.1) is 12.8 Å². The van der Waals surface area contributed by atoms with Crippen LogP contribution in [0, 0.1) is 5.92 Å². The second kappa shape index (κ2) is 4.91. The van der Waals surface area contributed by atoms with E-state index in [9.17, 15) is 4.79 Å². The lowest BCUT2D eigenvalue weighted by Crippen LogP contribution is -2.25. The van der Waals surface area contributed by atoms with Crippen molar-refractivity contribution in [2.45, 2.75) is 32.7 Å². The van der Waals surface area contributed by atoms with E-state index in [2.05, 4.69) is 17.4 Å². The lowest BCUT2D eigenvalue weighted by atomic mass is 9.88. The summed E-state index contributed by atoms with van der Waals surface area (Å²) in [4.78, 5) is 12.1. The van der Waals surface area contributed by atoms with E-state index in [1.165, 1.54) is 0 Å². The van der Waals surface area contributed by atoms with Crippen LogP contribution in [0.15, 0.2) is 27.3 Å². The fourth-order valence-corrected chi connectivity index (χ4v) is 2.42. The van der Waals surface area contributed by atoms with Crippen molar-refractivity contribution in [3.63, 3.8) is 0 Å². The molecule has 3 rings (SSSR count). The van der Waals surface area contributed by atoms with E-state index < -0.39 is 0 Å². The van der Waals surface area contributed by atoms with Crippen LogP contribution in [0.4, 0.5) is 0 Å². The van der Waals surface area contributed by atoms with Crippen molar-refractivity contribution >= 4 is 5.91 Å². The van der Waals surface area contributed by atoms with E-state index >= 15 is 0 Å². The summed E-state index contributed by atoms with van der Waals surface area (Å²) in [6, 6.07) is 3.61. The molecule has 2 aromatic rings. The van der Waals surface area contributed by atoms with E-state index in [1.807, 2.05) is 6.07 Å². The number of amides is 1. The molecule has 0 saturated heterocycles. The van der Waals surface area contributed by atoms with E-state index in [-0.39, 0.29) is 5.91 Å². The molecule has 0 aliphatic heterocycles. The second-order valence-electron chi connectivity index (χ2n) is 5.04. The molecular formula is C14H16N2O3. The van der Waals surface area contributed by atoms with E-state index in [0.717, 1.165) is 36.3 Å². The molecule has 1 N–H and O–H groups in total. The Morgan fingerprint density at radius 3 is 3.26 bits per heavy atom. The molecule has 0 radical (unpaired) electrons. The van der Waals surface area contributed by atoms with Gasteiger partial charge in [0.2, 0.25) is 0 Å². The van der Waals surface area contributed by atoms with E-state index in [4.69, 9.17) is 8.94 Å². The van der Waals surface area contributed by atoms with Crippen LogP contribution in [-0.2, 0) is 19.4 Å². The van der Waals surface area contributed by atoms with Crippen LogP contribution in [0.5, 0.6) is 0 Å². The predicted octanol–water partition coefficient (Wildman–Crippen LogP) is 2.32. The molecule has 1 aliphatic carbocycles. The van der Waals surface area contributed by atoms with Crippen molar-refractivity contribution in [3.8, 4) is 0 Å². The van der Waals surface area contributed by atoms with Gasteiger partial charge < -0.3 is 14.3 Å². The van der Waals surface area contributed by atoms with Gasteiger partial charge >= 0.3 is 0 Å². The fraction of sp³-hybridized carbons (Fsp3) is 0.429. The Hall–Kier alpha value is -2.04. The molecule has 0 aromatic carbocycles. The Kier molecular flexibility index (Phi) is 3.11. The van der Waals surface area contributed by atoms with Gasteiger partial charge in [-0.15, -0.1) is 0 Å². The van der Waals surface area contributed by atoms with Gasteiger partial charge in [-0.1, -0.05) is 12.1 Å². The van der Waals surface area contributed by atoms with Crippen molar-refractivity contribution in [3.05, 3.63) is 41.2 Å². The van der Waals surface area contributed by atoms with Crippen molar-refractivity contribution in [2.24, 2.45) is 5.92 Å². The van der Waals surface area contributed by atoms with Crippen LogP contribution in [0.1, 0.15) is 40.9 Å². The third kappa shape index (κ3) is 2.41. The predicted molar refractivity (Wildman–Crippen MR) is 67.6 cm³/mol. The number of hydrogen-bond donors (Lipinski definition) is 1. The van der Waals surface area contributed by atoms with Gasteiger partial charge in [-0.25, -0.2) is 0 Å². The van der Waals surface area contributed by atoms with Crippen LogP contribution in [0.25, 0.3) is 0 Å². The lowest BCUT2D eigenvalue weighted by Gasteiger charge is -2.16. The maximum absolute atomic E-state index is 12.1. The molecule has 0 saturated carbocycles. The highest BCUT2D eigenvalue weighted by Gasteiger charge is 2.26. The Balaban J connectivity index is 1.72. The first-order chi connectivity index (χ1) is 9.24. The van der Waals surface area contributed by atoms with Crippen molar-refractivity contribution in [1.82, 2.24) is 10.5 Å². The summed E-state index contributed by atoms with van der Waals surface area (Å²) in [6.07, 6.45) is 4.41. The highest BCUT2D eigenvalue weighted by molar-refractivity contribution is 5.93. The quantitative estimate of drug-likeness (QED) is 0.919. The van der Waals surface area contributed by atoms with Gasteiger partial charge in [0, 0.05) is 12.0 Å². The summed E-state index contributed by atoms with van der Waals surface area (Å²) in [5.74, 6) is 1.96. The first-order valence-corrected chi connectivity index (χ1v) is 6.52. The number of furan rings is 1. The molecule has 1 amide bonds. The van der Waals surface area contributed by atoms with Gasteiger partial charge in [0.15, 0.2) is 5.69 Å². The molecular weight excluding hydrogens is 244 g/mol. The highest BCUT2D eigenvalue weighted by atomic mass is 16.5. The van der Waals surface area contributed by atoms with E-state index in [1.54, 1.807) is 12.3 Å². The molecule has 0 fully saturated rings. The van der Waals surface area contributed by atoms with Gasteiger partial charge in [-0.3, -0.25) is 4.79 Å². The smallest absolute Gasteiger partial charge is 0.274 e. The average molecular weight is 260 g/mol. The van der Waals surface area contributed by atoms with Crippen molar-refractivity contribution < 1.29 is 13.7 Å². The number of nitrogens with one attached hydrogen (secondary N) is 1. The number of hydrogen-bond acceptors (Lipinski definition) is 4. The van der Waals surface area contributed by atoms with Crippen LogP contribution in [0.2, 0.25) is 0 Å². The summed E-state index contributed by atoms with van der Waals surface area (Å²) in [5, 5.41) is 6.71. The number of nitrogens with zero attached hydrogens (tertiary/aromatic N) is 1. The minimum atomic E-state index is -0.199. The molecule has 0 bridgehead atoms. The van der Waals surface area contributed by atoms with Crippen LogP contribution in [0.3, 0.4) is 0 Å². The maximum atomic E-state index is 12.1. The zero-order valence-corrected chi connectivity index (χ0v) is 10.8. The normalized spacial score (nSPS) is 18.1. The summed E-state index contributed by atoms with van der Waals surface area (Å²) >= 11 is 0. The maximum Gasteiger partial charge on any atom is 0.274 e. The summed E-state index contributed by atoms with van der Waals surface area (Å²) < 4.78 is 10.4. The standard InChI is InChI=1S/C14H16N2O3/c1-9-4-5-12-11(7-9)13(16-19-12)14(17)15-8-10-3-2-6-18-10/h2-3,6,9H,4-5,7-8H2,1H3,(H,15,17)/t9-/m1/s1. The number of aromatic nitrogens is 1. The molecule has 1 atom stereocenters. The molecule has 2 aromatic heterocycles. The van der Waals surface area contributed by atoms with E-state index in [0.29, 0.717) is 18.2 Å². The summed E-state index contributed by atoms with van der Waals surface area (Å²) in [5.41, 5.74) is 1.39. The number of carbonyl (C=O) groups excluding carboxylic acids is 1. The minimum absolute atomic E-state index is 0.199. The molecule has 2 heterocycles. The van der Waals surface area contributed by atoms with Crippen molar-refractivity contribution in [2.75, 3.05) is 0 Å². The highest BCUT2D eigenvalue weighted by Crippen LogP contribution is 2.27. The monoisotopic (exact) mass is 260 g/mol. The molecule has 0 unspecified atom stereocenters. The minimum Gasteiger partial charge on any atom is -0.467 e. The zero-order chi connectivity index (χ0) is 13.2. The largest absolute Gasteiger partial charge is 0.467 e. The third-order valence-corrected chi connectivity index (χ3v) is 3.50. The molecule has 5 nitrogen and oxygen atoms in total. The number of carbonyl (C=O) groups is 1. The topological polar surface area (TPSA) is 68.3 Å². The fourth-order valence-electron chi connectivity index (χ4n) is 2.42. The first-order valence-electron chi connectivity index (χ1n) is 6.52. The molecule has 5 heteroatoms. The van der Waals surface area contributed by atoms with Gasteiger partial charge in [-0.05, 0) is 30.9 Å². The number of aryl methyl sites for hydroxylation is 1. The number of rotatable bonds is 3. The average Bonchev–Trinajstić information content (AvgIpc) is 3.04. The van der Waals surface area contributed by atoms with Crippen LogP contribution < -0.4 is 5.32 Å². The summed E-state index contributed by atoms with van der Waals surface area (Å²) in [6.45, 7) is 2.55. The first kappa shape index (κ1) is 12.0. The Morgan fingerprint density at radius 1 is 1.58 bits per heavy atom. The van der Waals surface area contributed by atoms with Gasteiger partial charge in [-0.2, -0.15) is 0 Å². The zero-order valence-electron chi connectivity index (χ0n) is 10.8. The molecule has 1 aliphatic rings. The summed E-state index contributed by atoms with van der Waals surface area (Å²) in [7, 11) is 0. The molecule has 0 spiro atoms. The van der Waals surface area contributed by atoms with Gasteiger partial charge in [0.1, 0.15) is 11.5 Å². The van der Waals surface area contributed by atoms with Crippen LogP contribution >= 0.6 is 0 Å². The second-order valence-corrected chi connectivity index (χ2v) is 5.04. The Labute approximate surface area is 111 Å². The SMILES string of the molecule is C[C@@H]1CCc2onc(C(=O)NCc3ccco3)c2C1. The molecule has 19 heavy (non-hydrogen) atoms. The van der Waals surface area contributed by atoms with Gasteiger partial charge in [0.25, 0.3) is 5.91 Å². The Morgan fingerprint density at radius 2 is 2.47 bits per heavy atom. The van der Waals surface area contributed by atoms with Crippen LogP contribution in [-0.4, -0.2) is 11.1 Å². The van der Waals surface area contributed by atoms with Crippen molar-refractivity contribution in [1.29, 1.82) is 0 Å². The third-order valence-electron chi connectivity index (χ3n) is 3.50.